The maximum atomic E-state index is 14.3. The number of nitrogens with zero attached hydrogens (tertiary/aromatic N) is 3. The zero-order valence-electron chi connectivity index (χ0n) is 18.5. The Kier molecular flexibility index (Phi) is 4.54. The fraction of sp³-hybridized carbons (Fsp3) is 0.400. The molecule has 170 valence electrons. The molecule has 3 fully saturated rings. The molecule has 2 N–H and O–H groups in total. The minimum atomic E-state index is -0.671. The van der Waals surface area contributed by atoms with E-state index in [0.29, 0.717) is 52.0 Å². The molecule has 33 heavy (non-hydrogen) atoms. The van der Waals surface area contributed by atoms with Gasteiger partial charge in [-0.2, -0.15) is 0 Å². The number of carbonyl (C=O) groups excluding carboxylic acids is 1. The molecule has 2 atom stereocenters. The highest BCUT2D eigenvalue weighted by Gasteiger charge is 2.41. The Morgan fingerprint density at radius 2 is 1.88 bits per heavy atom. The second-order valence-electron chi connectivity index (χ2n) is 9.55. The number of hydrogen-bond acceptors (Lipinski definition) is 4. The molecule has 3 aliphatic rings. The van der Waals surface area contributed by atoms with Gasteiger partial charge in [-0.3, -0.25) is 9.36 Å². The summed E-state index contributed by atoms with van der Waals surface area (Å²) in [5.74, 6) is 1.30. The number of rotatable bonds is 3. The van der Waals surface area contributed by atoms with Crippen molar-refractivity contribution in [2.45, 2.75) is 45.6 Å². The molecular weight excluding hydrogens is 424 g/mol. The first-order valence-corrected chi connectivity index (χ1v) is 11.5. The van der Waals surface area contributed by atoms with Crippen molar-refractivity contribution in [1.29, 1.82) is 0 Å². The van der Waals surface area contributed by atoms with Crippen molar-refractivity contribution in [3.05, 3.63) is 42.2 Å². The molecule has 3 heterocycles. The molecule has 0 saturated heterocycles. The first-order chi connectivity index (χ1) is 15.9. The summed E-state index contributed by atoms with van der Waals surface area (Å²) in [7, 11) is 0. The van der Waals surface area contributed by atoms with E-state index in [1.807, 2.05) is 6.07 Å². The van der Waals surface area contributed by atoms with Crippen LogP contribution in [0.4, 0.5) is 14.6 Å². The maximum Gasteiger partial charge on any atom is 0.229 e. The summed E-state index contributed by atoms with van der Waals surface area (Å²) in [6.45, 7) is 3.78. The first kappa shape index (κ1) is 20.3. The third-order valence-corrected chi connectivity index (χ3v) is 7.77. The molecule has 0 spiro atoms. The second kappa shape index (κ2) is 7.37. The van der Waals surface area contributed by atoms with Crippen LogP contribution in [0, 0.1) is 29.4 Å². The lowest BCUT2D eigenvalue weighted by molar-refractivity contribution is 0.0928. The molecule has 0 unspecified atom stereocenters. The van der Waals surface area contributed by atoms with Gasteiger partial charge in [-0.25, -0.2) is 18.7 Å². The van der Waals surface area contributed by atoms with Gasteiger partial charge in [0.1, 0.15) is 17.5 Å². The molecule has 4 aromatic rings. The van der Waals surface area contributed by atoms with Crippen molar-refractivity contribution < 1.29 is 13.6 Å². The smallest absolute Gasteiger partial charge is 0.229 e. The monoisotopic (exact) mass is 449 g/mol. The number of fused-ring (bicyclic) bond motifs is 5. The molecule has 7 rings (SSSR count). The molecule has 1 aromatic carbocycles. The number of carbonyl (C=O) groups is 1. The van der Waals surface area contributed by atoms with Crippen LogP contribution in [0.3, 0.4) is 0 Å². The number of aromatic nitrogens is 4. The fourth-order valence-electron chi connectivity index (χ4n) is 6.00. The highest BCUT2D eigenvalue weighted by molar-refractivity contribution is 5.99. The van der Waals surface area contributed by atoms with Gasteiger partial charge in [0, 0.05) is 42.4 Å². The van der Waals surface area contributed by atoms with Crippen LogP contribution in [0.5, 0.6) is 0 Å². The van der Waals surface area contributed by atoms with E-state index in [1.54, 1.807) is 12.4 Å². The van der Waals surface area contributed by atoms with Crippen molar-refractivity contribution in [3.8, 4) is 11.4 Å². The van der Waals surface area contributed by atoms with Crippen molar-refractivity contribution in [2.24, 2.45) is 17.8 Å². The Morgan fingerprint density at radius 3 is 2.61 bits per heavy atom. The lowest BCUT2D eigenvalue weighted by Crippen LogP contribution is -2.47. The summed E-state index contributed by atoms with van der Waals surface area (Å²) in [6.07, 6.45) is 8.27. The molecule has 0 amide bonds. The van der Waals surface area contributed by atoms with Crippen LogP contribution in [-0.2, 0) is 0 Å². The molecule has 3 saturated carbocycles. The van der Waals surface area contributed by atoms with E-state index in [9.17, 15) is 13.6 Å². The zero-order valence-corrected chi connectivity index (χ0v) is 18.5. The predicted octanol–water partition coefficient (Wildman–Crippen LogP) is 5.75. The first-order valence-electron chi connectivity index (χ1n) is 11.5. The van der Waals surface area contributed by atoms with Gasteiger partial charge in [0.15, 0.2) is 11.5 Å². The van der Waals surface area contributed by atoms with Crippen molar-refractivity contribution in [1.82, 2.24) is 19.5 Å². The van der Waals surface area contributed by atoms with Gasteiger partial charge in [0.05, 0.1) is 10.9 Å². The molecule has 0 radical (unpaired) electrons. The zero-order chi connectivity index (χ0) is 22.9. The molecular formula is C25H25F2N5O. The summed E-state index contributed by atoms with van der Waals surface area (Å²) in [5.41, 5.74) is 1.17. The lowest BCUT2D eigenvalue weighted by Gasteiger charge is -2.47. The van der Waals surface area contributed by atoms with Crippen molar-refractivity contribution in [2.75, 3.05) is 5.32 Å². The number of H-pyrrole nitrogens is 1. The Hall–Kier alpha value is -3.29. The van der Waals surface area contributed by atoms with Crippen LogP contribution in [0.15, 0.2) is 30.6 Å². The van der Waals surface area contributed by atoms with Crippen LogP contribution < -0.4 is 5.32 Å². The maximum absolute atomic E-state index is 14.3. The Morgan fingerprint density at radius 1 is 1.12 bits per heavy atom. The summed E-state index contributed by atoms with van der Waals surface area (Å²) in [5, 5.41) is 4.82. The predicted molar refractivity (Wildman–Crippen MR) is 123 cm³/mol. The van der Waals surface area contributed by atoms with E-state index in [0.717, 1.165) is 11.5 Å². The number of halogens is 2. The SMILES string of the molecule is CC(=O)n1ccc2c(N[C@@H]3C4CCC(CC4)[C@H]3C)nc(-c3c[nH]c4c(F)cc(F)cc34)nc21. The van der Waals surface area contributed by atoms with Crippen molar-refractivity contribution in [3.63, 3.8) is 0 Å². The normalized spacial score (nSPS) is 24.6. The fourth-order valence-corrected chi connectivity index (χ4v) is 6.00. The Bertz CT molecular complexity index is 1400. The number of aromatic amines is 1. The quantitative estimate of drug-likeness (QED) is 0.417. The van der Waals surface area contributed by atoms with Gasteiger partial charge in [-0.05, 0) is 55.6 Å². The van der Waals surface area contributed by atoms with Gasteiger partial charge in [0.2, 0.25) is 5.91 Å². The molecule has 3 aromatic heterocycles. The molecule has 3 aliphatic carbocycles. The molecule has 2 bridgehead atoms. The Balaban J connectivity index is 1.52. The van der Waals surface area contributed by atoms with E-state index in [4.69, 9.17) is 4.98 Å². The summed E-state index contributed by atoms with van der Waals surface area (Å²) in [6, 6.07) is 4.27. The Labute approximate surface area is 189 Å². The van der Waals surface area contributed by atoms with E-state index in [1.165, 1.54) is 43.2 Å². The van der Waals surface area contributed by atoms with Crippen LogP contribution >= 0.6 is 0 Å². The van der Waals surface area contributed by atoms with E-state index in [2.05, 4.69) is 22.2 Å². The number of hydrogen-bond donors (Lipinski definition) is 2. The average molecular weight is 450 g/mol. The van der Waals surface area contributed by atoms with Crippen molar-refractivity contribution >= 4 is 33.7 Å². The second-order valence-corrected chi connectivity index (χ2v) is 9.55. The van der Waals surface area contributed by atoms with Crippen LogP contribution in [0.2, 0.25) is 0 Å². The molecule has 6 nitrogen and oxygen atoms in total. The standard InChI is InChI=1S/C25H25F2N5O/c1-12-14-3-5-15(6-4-14)21(12)29-23-17-7-8-32(13(2)33)25(17)31-24(30-23)19-11-28-22-18(19)9-16(26)10-20(22)27/h7-12,14-15,21,28H,3-6H2,1-2H3,(H,29,30,31)/t12-,14?,15?,21+/m1/s1. The molecule has 0 aliphatic heterocycles. The van der Waals surface area contributed by atoms with Gasteiger partial charge in [-0.15, -0.1) is 0 Å². The minimum absolute atomic E-state index is 0.165. The summed E-state index contributed by atoms with van der Waals surface area (Å²) >= 11 is 0. The molecule has 8 heteroatoms. The van der Waals surface area contributed by atoms with E-state index < -0.39 is 11.6 Å². The highest BCUT2D eigenvalue weighted by Crippen LogP contribution is 2.46. The summed E-state index contributed by atoms with van der Waals surface area (Å²) in [4.78, 5) is 24.6. The largest absolute Gasteiger partial charge is 0.366 e. The number of anilines is 1. The third-order valence-electron chi connectivity index (χ3n) is 7.77. The lowest BCUT2D eigenvalue weighted by atomic mass is 9.62. The van der Waals surface area contributed by atoms with E-state index >= 15 is 0 Å². The van der Waals surface area contributed by atoms with Gasteiger partial charge < -0.3 is 10.3 Å². The minimum Gasteiger partial charge on any atom is -0.366 e. The summed E-state index contributed by atoms with van der Waals surface area (Å²) < 4.78 is 29.8. The van der Waals surface area contributed by atoms with Crippen LogP contribution in [0.25, 0.3) is 33.3 Å². The highest BCUT2D eigenvalue weighted by atomic mass is 19.1. The van der Waals surface area contributed by atoms with E-state index in [-0.39, 0.29) is 11.4 Å². The van der Waals surface area contributed by atoms with Gasteiger partial charge in [-0.1, -0.05) is 6.92 Å². The number of benzene rings is 1. The van der Waals surface area contributed by atoms with Crippen LogP contribution in [-0.4, -0.2) is 31.5 Å². The average Bonchev–Trinajstić information content (AvgIpc) is 3.41. The third kappa shape index (κ3) is 3.14. The van der Waals surface area contributed by atoms with Crippen LogP contribution in [0.1, 0.15) is 44.3 Å². The van der Waals surface area contributed by atoms with Gasteiger partial charge in [0.25, 0.3) is 0 Å². The number of nitrogens with one attached hydrogen (secondary N) is 2. The van der Waals surface area contributed by atoms with Gasteiger partial charge >= 0.3 is 0 Å². The topological polar surface area (TPSA) is 75.6 Å².